The predicted molar refractivity (Wildman–Crippen MR) is 73.6 cm³/mol. The lowest BCUT2D eigenvalue weighted by Crippen LogP contribution is -2.22. The largest absolute Gasteiger partial charge is 0.478 e. The molecular weight excluding hydrogens is 282 g/mol. The van der Waals surface area contributed by atoms with E-state index >= 15 is 0 Å². The van der Waals surface area contributed by atoms with Crippen LogP contribution in [0.3, 0.4) is 0 Å². The molecule has 0 aliphatic carbocycles. The van der Waals surface area contributed by atoms with Crippen LogP contribution in [0.5, 0.6) is 0 Å². The minimum Gasteiger partial charge on any atom is -0.478 e. The number of amides is 1. The van der Waals surface area contributed by atoms with Gasteiger partial charge in [-0.3, -0.25) is 4.79 Å². The van der Waals surface area contributed by atoms with E-state index < -0.39 is 5.97 Å². The van der Waals surface area contributed by atoms with E-state index in [1.807, 2.05) is 0 Å². The Labute approximate surface area is 120 Å². The third-order valence-corrected chi connectivity index (χ3v) is 2.89. The van der Waals surface area contributed by atoms with Crippen LogP contribution in [0, 0.1) is 0 Å². The number of benzene rings is 1. The Balaban J connectivity index is 2.50. The first kappa shape index (κ1) is 14.1. The van der Waals surface area contributed by atoms with Gasteiger partial charge in [-0.05, 0) is 24.3 Å². The number of aromatic carboxylic acids is 1. The molecule has 0 radical (unpaired) electrons. The number of carbonyl (C=O) groups is 2. The van der Waals surface area contributed by atoms with Gasteiger partial charge in [0.15, 0.2) is 5.69 Å². The molecule has 0 spiro atoms. The molecule has 0 saturated heterocycles. The number of hydrogen-bond donors (Lipinski definition) is 1. The normalized spacial score (nSPS) is 10.3. The second kappa shape index (κ2) is 5.34. The molecular formula is C13H12ClN3O3. The number of aromatic nitrogens is 2. The van der Waals surface area contributed by atoms with Crippen molar-refractivity contribution < 1.29 is 14.7 Å². The van der Waals surface area contributed by atoms with Crippen LogP contribution < -0.4 is 0 Å². The fourth-order valence-electron chi connectivity index (χ4n) is 1.68. The topological polar surface area (TPSA) is 75.4 Å². The first-order valence-electron chi connectivity index (χ1n) is 5.70. The number of rotatable bonds is 3. The Morgan fingerprint density at radius 3 is 2.60 bits per heavy atom. The number of carbonyl (C=O) groups excluding carboxylic acids is 1. The maximum atomic E-state index is 11.8. The summed E-state index contributed by atoms with van der Waals surface area (Å²) in [4.78, 5) is 24.4. The summed E-state index contributed by atoms with van der Waals surface area (Å²) >= 11 is 5.88. The van der Waals surface area contributed by atoms with Gasteiger partial charge in [-0.15, -0.1) is 0 Å². The molecule has 1 aromatic heterocycles. The van der Waals surface area contributed by atoms with Crippen molar-refractivity contribution >= 4 is 23.5 Å². The Kier molecular flexibility index (Phi) is 3.76. The number of nitrogens with zero attached hydrogens (tertiary/aromatic N) is 3. The van der Waals surface area contributed by atoms with Crippen LogP contribution in [0.25, 0.3) is 5.69 Å². The first-order valence-corrected chi connectivity index (χ1v) is 6.08. The van der Waals surface area contributed by atoms with E-state index in [0.717, 1.165) is 0 Å². The van der Waals surface area contributed by atoms with Gasteiger partial charge < -0.3 is 10.0 Å². The van der Waals surface area contributed by atoms with Gasteiger partial charge in [0.25, 0.3) is 5.91 Å². The van der Waals surface area contributed by atoms with Gasteiger partial charge in [0, 0.05) is 25.3 Å². The smallest absolute Gasteiger partial charge is 0.337 e. The second-order valence-corrected chi connectivity index (χ2v) is 4.75. The van der Waals surface area contributed by atoms with Crippen molar-refractivity contribution in [1.82, 2.24) is 14.7 Å². The molecule has 20 heavy (non-hydrogen) atoms. The predicted octanol–water partition coefficient (Wildman–Crippen LogP) is 1.93. The van der Waals surface area contributed by atoms with Crippen LogP contribution in [0.15, 0.2) is 30.5 Å². The standard InChI is InChI=1S/C13H12ClN3O3/c1-16(2)12(18)10-5-6-17(15-10)11-7-8(14)3-4-9(11)13(19)20/h3-7H,1-2H3,(H,19,20). The van der Waals surface area contributed by atoms with Crippen LogP contribution in [-0.2, 0) is 0 Å². The summed E-state index contributed by atoms with van der Waals surface area (Å²) < 4.78 is 1.33. The van der Waals surface area contributed by atoms with Crippen LogP contribution in [-0.4, -0.2) is 45.8 Å². The van der Waals surface area contributed by atoms with Crippen molar-refractivity contribution in [3.8, 4) is 5.69 Å². The van der Waals surface area contributed by atoms with Crippen molar-refractivity contribution in [2.75, 3.05) is 14.1 Å². The van der Waals surface area contributed by atoms with E-state index in [1.165, 1.54) is 40.0 Å². The maximum Gasteiger partial charge on any atom is 0.337 e. The van der Waals surface area contributed by atoms with E-state index in [-0.39, 0.29) is 17.2 Å². The highest BCUT2D eigenvalue weighted by molar-refractivity contribution is 6.30. The fraction of sp³-hybridized carbons (Fsp3) is 0.154. The van der Waals surface area contributed by atoms with Gasteiger partial charge in [-0.25, -0.2) is 9.48 Å². The maximum absolute atomic E-state index is 11.8. The van der Waals surface area contributed by atoms with Crippen molar-refractivity contribution in [2.45, 2.75) is 0 Å². The molecule has 0 unspecified atom stereocenters. The summed E-state index contributed by atoms with van der Waals surface area (Å²) in [6.07, 6.45) is 1.52. The van der Waals surface area contributed by atoms with E-state index in [4.69, 9.17) is 16.7 Å². The minimum atomic E-state index is -1.09. The zero-order chi connectivity index (χ0) is 14.9. The molecule has 0 aliphatic rings. The Morgan fingerprint density at radius 1 is 1.30 bits per heavy atom. The number of carboxylic acid groups (broad SMARTS) is 1. The lowest BCUT2D eigenvalue weighted by molar-refractivity contribution is 0.0696. The lowest BCUT2D eigenvalue weighted by atomic mass is 10.2. The van der Waals surface area contributed by atoms with E-state index in [9.17, 15) is 9.59 Å². The van der Waals surface area contributed by atoms with Crippen LogP contribution in [0.2, 0.25) is 5.02 Å². The monoisotopic (exact) mass is 293 g/mol. The van der Waals surface area contributed by atoms with Gasteiger partial charge in [-0.1, -0.05) is 11.6 Å². The first-order chi connectivity index (χ1) is 9.40. The number of hydrogen-bond acceptors (Lipinski definition) is 3. The summed E-state index contributed by atoms with van der Waals surface area (Å²) in [6, 6.07) is 5.90. The third-order valence-electron chi connectivity index (χ3n) is 2.65. The van der Waals surface area contributed by atoms with E-state index in [1.54, 1.807) is 14.1 Å². The molecule has 0 atom stereocenters. The Hall–Kier alpha value is -2.34. The summed E-state index contributed by atoms with van der Waals surface area (Å²) in [6.45, 7) is 0. The van der Waals surface area contributed by atoms with Crippen LogP contribution in [0.4, 0.5) is 0 Å². The van der Waals surface area contributed by atoms with Crippen molar-refractivity contribution in [3.05, 3.63) is 46.7 Å². The van der Waals surface area contributed by atoms with E-state index in [2.05, 4.69) is 5.10 Å². The average molecular weight is 294 g/mol. The lowest BCUT2D eigenvalue weighted by Gasteiger charge is -2.08. The van der Waals surface area contributed by atoms with Crippen LogP contribution in [0.1, 0.15) is 20.8 Å². The number of halogens is 1. The molecule has 1 heterocycles. The molecule has 1 aromatic carbocycles. The second-order valence-electron chi connectivity index (χ2n) is 4.31. The summed E-state index contributed by atoms with van der Waals surface area (Å²) in [5, 5.41) is 13.6. The zero-order valence-corrected chi connectivity index (χ0v) is 11.6. The van der Waals surface area contributed by atoms with Crippen LogP contribution >= 0.6 is 11.6 Å². The molecule has 7 heteroatoms. The summed E-state index contributed by atoms with van der Waals surface area (Å²) in [5.41, 5.74) is 0.593. The highest BCUT2D eigenvalue weighted by Crippen LogP contribution is 2.20. The molecule has 0 saturated carbocycles. The summed E-state index contributed by atoms with van der Waals surface area (Å²) in [5.74, 6) is -1.35. The molecule has 104 valence electrons. The Morgan fingerprint density at radius 2 is 2.00 bits per heavy atom. The van der Waals surface area contributed by atoms with Crippen molar-refractivity contribution in [3.63, 3.8) is 0 Å². The van der Waals surface area contributed by atoms with Crippen molar-refractivity contribution in [2.24, 2.45) is 0 Å². The molecule has 1 amide bonds. The molecule has 1 N–H and O–H groups in total. The molecule has 2 aromatic rings. The molecule has 0 fully saturated rings. The minimum absolute atomic E-state index is 0.0568. The van der Waals surface area contributed by atoms with Gasteiger partial charge >= 0.3 is 5.97 Å². The molecule has 2 rings (SSSR count). The van der Waals surface area contributed by atoms with Crippen molar-refractivity contribution in [1.29, 1.82) is 0 Å². The van der Waals surface area contributed by atoms with Gasteiger partial charge in [0.1, 0.15) is 0 Å². The molecule has 0 aliphatic heterocycles. The number of carboxylic acids is 1. The average Bonchev–Trinajstić information content (AvgIpc) is 2.86. The highest BCUT2D eigenvalue weighted by atomic mass is 35.5. The molecule has 6 nitrogen and oxygen atoms in total. The molecule has 0 bridgehead atoms. The SMILES string of the molecule is CN(C)C(=O)c1ccn(-c2cc(Cl)ccc2C(=O)O)n1. The van der Waals surface area contributed by atoms with Gasteiger partial charge in [0.05, 0.1) is 11.3 Å². The van der Waals surface area contributed by atoms with E-state index in [0.29, 0.717) is 10.7 Å². The third kappa shape index (κ3) is 2.65. The summed E-state index contributed by atoms with van der Waals surface area (Å²) in [7, 11) is 3.23. The fourth-order valence-corrected chi connectivity index (χ4v) is 1.84. The quantitative estimate of drug-likeness (QED) is 0.938. The van der Waals surface area contributed by atoms with Gasteiger partial charge in [-0.2, -0.15) is 5.10 Å². The van der Waals surface area contributed by atoms with Gasteiger partial charge in [0.2, 0.25) is 0 Å². The Bertz CT molecular complexity index is 679. The highest BCUT2D eigenvalue weighted by Gasteiger charge is 2.16. The zero-order valence-electron chi connectivity index (χ0n) is 10.9.